The van der Waals surface area contributed by atoms with E-state index in [1.807, 2.05) is 0 Å². The molecular formula is C13H15ClN2O3. The molecule has 1 aliphatic carbocycles. The maximum atomic E-state index is 12.1. The molecule has 5 nitrogen and oxygen atoms in total. The molecule has 19 heavy (non-hydrogen) atoms. The van der Waals surface area contributed by atoms with Crippen LogP contribution in [0.1, 0.15) is 36.0 Å². The highest BCUT2D eigenvalue weighted by atomic mass is 35.5. The number of benzene rings is 1. The Morgan fingerprint density at radius 2 is 2.11 bits per heavy atom. The van der Waals surface area contributed by atoms with E-state index in [1.54, 1.807) is 6.07 Å². The number of hydrogen-bond donors (Lipinski definition) is 1. The molecule has 2 rings (SSSR count). The number of alkyl halides is 1. The molecule has 1 amide bonds. The number of carbonyl (C=O) groups is 1. The second-order valence-corrected chi connectivity index (χ2v) is 5.15. The van der Waals surface area contributed by atoms with Gasteiger partial charge in [-0.05, 0) is 18.9 Å². The first kappa shape index (κ1) is 13.8. The second kappa shape index (κ2) is 5.57. The van der Waals surface area contributed by atoms with E-state index in [4.69, 9.17) is 11.6 Å². The summed E-state index contributed by atoms with van der Waals surface area (Å²) in [6.07, 6.45) is 3.80. The Balaban J connectivity index is 2.15. The Bertz CT molecular complexity index is 498. The summed E-state index contributed by atoms with van der Waals surface area (Å²) in [7, 11) is 0. The zero-order valence-electron chi connectivity index (χ0n) is 10.4. The van der Waals surface area contributed by atoms with Gasteiger partial charge in [0.05, 0.1) is 10.5 Å². The average Bonchev–Trinajstić information content (AvgIpc) is 2.88. The largest absolute Gasteiger partial charge is 0.345 e. The van der Waals surface area contributed by atoms with E-state index in [-0.39, 0.29) is 17.1 Å². The van der Waals surface area contributed by atoms with E-state index in [0.717, 1.165) is 25.7 Å². The van der Waals surface area contributed by atoms with E-state index in [0.29, 0.717) is 11.4 Å². The first-order valence-electron chi connectivity index (χ1n) is 6.19. The predicted molar refractivity (Wildman–Crippen MR) is 72.5 cm³/mol. The number of nitro groups is 1. The van der Waals surface area contributed by atoms with Crippen molar-refractivity contribution in [1.29, 1.82) is 0 Å². The van der Waals surface area contributed by atoms with Crippen LogP contribution < -0.4 is 5.32 Å². The molecule has 0 heterocycles. The van der Waals surface area contributed by atoms with Gasteiger partial charge in [-0.3, -0.25) is 14.9 Å². The lowest BCUT2D eigenvalue weighted by atomic mass is 9.99. The summed E-state index contributed by atoms with van der Waals surface area (Å²) < 4.78 is 0. The van der Waals surface area contributed by atoms with Gasteiger partial charge in [-0.1, -0.05) is 18.9 Å². The van der Waals surface area contributed by atoms with Crippen LogP contribution in [0.3, 0.4) is 0 Å². The Kier molecular flexibility index (Phi) is 4.04. The van der Waals surface area contributed by atoms with Crippen LogP contribution in [0.4, 0.5) is 5.69 Å². The van der Waals surface area contributed by atoms with E-state index in [9.17, 15) is 14.9 Å². The quantitative estimate of drug-likeness (QED) is 0.524. The Hall–Kier alpha value is -1.62. The minimum absolute atomic E-state index is 0.0843. The van der Waals surface area contributed by atoms with Gasteiger partial charge >= 0.3 is 0 Å². The molecule has 0 radical (unpaired) electrons. The minimum Gasteiger partial charge on any atom is -0.345 e. The number of nitro benzene ring substituents is 1. The van der Waals surface area contributed by atoms with Crippen molar-refractivity contribution >= 4 is 23.2 Å². The maximum Gasteiger partial charge on any atom is 0.270 e. The third-order valence-corrected chi connectivity index (χ3v) is 4.03. The number of halogens is 1. The van der Waals surface area contributed by atoms with Gasteiger partial charge in [0.25, 0.3) is 11.6 Å². The fourth-order valence-electron chi connectivity index (χ4n) is 2.42. The smallest absolute Gasteiger partial charge is 0.270 e. The van der Waals surface area contributed by atoms with Gasteiger partial charge in [-0.25, -0.2) is 0 Å². The summed E-state index contributed by atoms with van der Waals surface area (Å²) in [4.78, 5) is 22.3. The summed E-state index contributed by atoms with van der Waals surface area (Å²) >= 11 is 5.95. The lowest BCUT2D eigenvalue weighted by molar-refractivity contribution is -0.384. The number of nitrogens with zero attached hydrogens (tertiary/aromatic N) is 1. The van der Waals surface area contributed by atoms with E-state index >= 15 is 0 Å². The van der Waals surface area contributed by atoms with Crippen LogP contribution in [-0.4, -0.2) is 22.2 Å². The molecule has 1 aromatic carbocycles. The fourth-order valence-corrected chi connectivity index (χ4v) is 2.75. The molecule has 1 fully saturated rings. The molecule has 6 heteroatoms. The van der Waals surface area contributed by atoms with Crippen LogP contribution in [0.2, 0.25) is 0 Å². The first-order valence-corrected chi connectivity index (χ1v) is 6.73. The molecule has 0 aromatic heterocycles. The monoisotopic (exact) mass is 282 g/mol. The molecule has 1 aliphatic rings. The molecule has 0 bridgehead atoms. The number of carbonyl (C=O) groups excluding carboxylic acids is 1. The van der Waals surface area contributed by atoms with Crippen LogP contribution >= 0.6 is 11.6 Å². The molecule has 0 atom stereocenters. The van der Waals surface area contributed by atoms with Gasteiger partial charge in [0.2, 0.25) is 0 Å². The molecule has 0 unspecified atom stereocenters. The fraction of sp³-hybridized carbons (Fsp3) is 0.462. The van der Waals surface area contributed by atoms with Gasteiger partial charge < -0.3 is 5.32 Å². The topological polar surface area (TPSA) is 72.2 Å². The molecule has 0 aliphatic heterocycles. The van der Waals surface area contributed by atoms with Gasteiger partial charge in [0.15, 0.2) is 0 Å². The highest BCUT2D eigenvalue weighted by molar-refractivity contribution is 6.19. The molecule has 1 N–H and O–H groups in total. The van der Waals surface area contributed by atoms with Gasteiger partial charge in [0.1, 0.15) is 0 Å². The normalized spacial score (nSPS) is 17.1. The summed E-state index contributed by atoms with van der Waals surface area (Å²) in [5.74, 6) is 0.0689. The summed E-state index contributed by atoms with van der Waals surface area (Å²) in [5, 5.41) is 13.6. The van der Waals surface area contributed by atoms with Gasteiger partial charge in [0, 0.05) is 23.6 Å². The van der Waals surface area contributed by atoms with Crippen molar-refractivity contribution in [3.8, 4) is 0 Å². The number of rotatable bonds is 4. The van der Waals surface area contributed by atoms with Crippen molar-refractivity contribution in [2.24, 2.45) is 0 Å². The first-order chi connectivity index (χ1) is 9.06. The molecule has 1 aromatic rings. The second-order valence-electron chi connectivity index (χ2n) is 4.88. The van der Waals surface area contributed by atoms with Crippen molar-refractivity contribution in [3.63, 3.8) is 0 Å². The van der Waals surface area contributed by atoms with Crippen molar-refractivity contribution in [2.45, 2.75) is 31.2 Å². The van der Waals surface area contributed by atoms with Crippen molar-refractivity contribution in [2.75, 3.05) is 5.88 Å². The molecular weight excluding hydrogens is 268 g/mol. The SMILES string of the molecule is O=C(NC1(CCl)CCCC1)c1cccc([N+](=O)[O-])c1. The van der Waals surface area contributed by atoms with Gasteiger partial charge in [-0.2, -0.15) is 0 Å². The van der Waals surface area contributed by atoms with Crippen LogP contribution in [0.25, 0.3) is 0 Å². The zero-order valence-corrected chi connectivity index (χ0v) is 11.2. The summed E-state index contributed by atoms with van der Waals surface area (Å²) in [6.45, 7) is 0. The number of non-ortho nitro benzene ring substituents is 1. The van der Waals surface area contributed by atoms with E-state index in [2.05, 4.69) is 5.32 Å². The lowest BCUT2D eigenvalue weighted by Gasteiger charge is -2.27. The zero-order chi connectivity index (χ0) is 13.9. The van der Waals surface area contributed by atoms with Crippen LogP contribution in [0.5, 0.6) is 0 Å². The van der Waals surface area contributed by atoms with Crippen molar-refractivity contribution in [3.05, 3.63) is 39.9 Å². The number of hydrogen-bond acceptors (Lipinski definition) is 3. The minimum atomic E-state index is -0.510. The summed E-state index contributed by atoms with van der Waals surface area (Å²) in [6, 6.07) is 5.73. The van der Waals surface area contributed by atoms with Crippen molar-refractivity contribution in [1.82, 2.24) is 5.32 Å². The molecule has 0 saturated heterocycles. The Morgan fingerprint density at radius 1 is 1.42 bits per heavy atom. The third kappa shape index (κ3) is 3.04. The highest BCUT2D eigenvalue weighted by Gasteiger charge is 2.34. The number of amides is 1. The molecule has 0 spiro atoms. The van der Waals surface area contributed by atoms with Crippen molar-refractivity contribution < 1.29 is 9.72 Å². The lowest BCUT2D eigenvalue weighted by Crippen LogP contribution is -2.47. The average molecular weight is 283 g/mol. The highest BCUT2D eigenvalue weighted by Crippen LogP contribution is 2.31. The maximum absolute atomic E-state index is 12.1. The van der Waals surface area contributed by atoms with Gasteiger partial charge in [-0.15, -0.1) is 11.6 Å². The standard InChI is InChI=1S/C13H15ClN2O3/c14-9-13(6-1-2-7-13)15-12(17)10-4-3-5-11(8-10)16(18)19/h3-5,8H,1-2,6-7,9H2,(H,15,17). The predicted octanol–water partition coefficient (Wildman–Crippen LogP) is 2.88. The van der Waals surface area contributed by atoms with Crippen LogP contribution in [0.15, 0.2) is 24.3 Å². The third-order valence-electron chi connectivity index (χ3n) is 3.51. The van der Waals surface area contributed by atoms with E-state index < -0.39 is 4.92 Å². The van der Waals surface area contributed by atoms with Crippen LogP contribution in [-0.2, 0) is 0 Å². The molecule has 1 saturated carbocycles. The van der Waals surface area contributed by atoms with Crippen LogP contribution in [0, 0.1) is 10.1 Å². The Labute approximate surface area is 116 Å². The summed E-state index contributed by atoms with van der Waals surface area (Å²) in [5.41, 5.74) is -0.145. The Morgan fingerprint density at radius 3 is 2.68 bits per heavy atom. The van der Waals surface area contributed by atoms with E-state index in [1.165, 1.54) is 18.2 Å². The molecule has 102 valence electrons. The number of nitrogens with one attached hydrogen (secondary N) is 1.